The van der Waals surface area contributed by atoms with Gasteiger partial charge in [-0.2, -0.15) is 0 Å². The van der Waals surface area contributed by atoms with Crippen LogP contribution in [0.3, 0.4) is 0 Å². The predicted octanol–water partition coefficient (Wildman–Crippen LogP) is 2.74. The first-order valence-electron chi connectivity index (χ1n) is 5.44. The van der Waals surface area contributed by atoms with E-state index in [2.05, 4.69) is 0 Å². The van der Waals surface area contributed by atoms with Crippen molar-refractivity contribution < 1.29 is 4.79 Å². The lowest BCUT2D eigenvalue weighted by Gasteiger charge is -2.20. The molecule has 0 aromatic heterocycles. The normalized spacial score (nSPS) is 12.2. The third-order valence-corrected chi connectivity index (χ3v) is 2.75. The first-order chi connectivity index (χ1) is 7.15. The summed E-state index contributed by atoms with van der Waals surface area (Å²) in [5.74, 6) is 0.472. The molecule has 2 heteroatoms. The average molecular weight is 205 g/mol. The monoisotopic (exact) mass is 205 g/mol. The van der Waals surface area contributed by atoms with Gasteiger partial charge in [-0.25, -0.2) is 0 Å². The van der Waals surface area contributed by atoms with Crippen LogP contribution in [-0.4, -0.2) is 19.4 Å². The zero-order valence-corrected chi connectivity index (χ0v) is 9.73. The van der Waals surface area contributed by atoms with Crippen LogP contribution in [-0.2, 0) is 4.79 Å². The van der Waals surface area contributed by atoms with E-state index < -0.39 is 0 Å². The summed E-state index contributed by atoms with van der Waals surface area (Å²) in [5, 5.41) is 0. The van der Waals surface area contributed by atoms with Crippen LogP contribution in [0.2, 0.25) is 0 Å². The van der Waals surface area contributed by atoms with Crippen molar-refractivity contribution in [3.8, 4) is 0 Å². The van der Waals surface area contributed by atoms with Crippen molar-refractivity contribution in [2.75, 3.05) is 18.5 Å². The Kier molecular flexibility index (Phi) is 4.35. The van der Waals surface area contributed by atoms with E-state index in [0.717, 1.165) is 12.1 Å². The molecule has 0 unspecified atom stereocenters. The van der Waals surface area contributed by atoms with Crippen molar-refractivity contribution >= 4 is 11.5 Å². The number of para-hydroxylation sites is 1. The quantitative estimate of drug-likeness (QED) is 0.736. The Hall–Kier alpha value is -1.31. The number of Topliss-reactive ketones (excluding diaryl/α,β-unsaturated/α-hetero) is 1. The lowest BCUT2D eigenvalue weighted by atomic mass is 10.0. The predicted molar refractivity (Wildman–Crippen MR) is 64.2 cm³/mol. The van der Waals surface area contributed by atoms with E-state index in [1.807, 2.05) is 56.1 Å². The highest BCUT2D eigenvalue weighted by Gasteiger charge is 2.12. The highest BCUT2D eigenvalue weighted by molar-refractivity contribution is 5.85. The number of hydrogen-bond acceptors (Lipinski definition) is 2. The summed E-state index contributed by atoms with van der Waals surface area (Å²) in [5.41, 5.74) is 1.09. The largest absolute Gasteiger partial charge is 0.367 e. The fourth-order valence-electron chi connectivity index (χ4n) is 1.39. The first kappa shape index (κ1) is 11.8. The Morgan fingerprint density at radius 1 is 1.33 bits per heavy atom. The minimum atomic E-state index is 0.163. The van der Waals surface area contributed by atoms with Crippen LogP contribution in [0.15, 0.2) is 30.3 Å². The molecule has 1 aromatic carbocycles. The summed E-state index contributed by atoms with van der Waals surface area (Å²) < 4.78 is 0. The molecule has 1 aromatic rings. The Bertz CT molecular complexity index is 308. The summed E-state index contributed by atoms with van der Waals surface area (Å²) >= 11 is 0. The van der Waals surface area contributed by atoms with Gasteiger partial charge in [0.15, 0.2) is 5.78 Å². The van der Waals surface area contributed by atoms with Gasteiger partial charge in [0.05, 0.1) is 6.54 Å². The molecule has 0 radical (unpaired) electrons. The first-order valence-corrected chi connectivity index (χ1v) is 5.44. The molecule has 0 saturated heterocycles. The van der Waals surface area contributed by atoms with Gasteiger partial charge in [0, 0.05) is 18.7 Å². The molecule has 15 heavy (non-hydrogen) atoms. The summed E-state index contributed by atoms with van der Waals surface area (Å²) in [6.07, 6.45) is 0.918. The lowest BCUT2D eigenvalue weighted by molar-refractivity contribution is -0.121. The van der Waals surface area contributed by atoms with Crippen LogP contribution in [0, 0.1) is 5.92 Å². The van der Waals surface area contributed by atoms with Crippen molar-refractivity contribution in [1.29, 1.82) is 0 Å². The van der Waals surface area contributed by atoms with Crippen molar-refractivity contribution in [3.63, 3.8) is 0 Å². The van der Waals surface area contributed by atoms with Crippen molar-refractivity contribution in [2.24, 2.45) is 5.92 Å². The maximum absolute atomic E-state index is 11.7. The van der Waals surface area contributed by atoms with E-state index in [9.17, 15) is 4.79 Å². The number of rotatable bonds is 5. The van der Waals surface area contributed by atoms with Crippen LogP contribution >= 0.6 is 0 Å². The molecular weight excluding hydrogens is 186 g/mol. The Labute approximate surface area is 91.9 Å². The van der Waals surface area contributed by atoms with Gasteiger partial charge < -0.3 is 4.90 Å². The SMILES string of the molecule is CC[C@H](C)C(=O)CN(C)c1ccccc1. The molecule has 0 saturated carbocycles. The number of carbonyl (C=O) groups is 1. The molecule has 0 spiro atoms. The molecule has 0 heterocycles. The van der Waals surface area contributed by atoms with E-state index in [1.165, 1.54) is 0 Å². The highest BCUT2D eigenvalue weighted by Crippen LogP contribution is 2.12. The van der Waals surface area contributed by atoms with Crippen LogP contribution in [0.25, 0.3) is 0 Å². The molecule has 1 rings (SSSR count). The number of likely N-dealkylation sites (N-methyl/N-ethyl adjacent to an activating group) is 1. The molecule has 0 aliphatic carbocycles. The topological polar surface area (TPSA) is 20.3 Å². The average Bonchev–Trinajstić information content (AvgIpc) is 2.29. The van der Waals surface area contributed by atoms with Gasteiger partial charge in [-0.15, -0.1) is 0 Å². The number of nitrogens with zero attached hydrogens (tertiary/aromatic N) is 1. The van der Waals surface area contributed by atoms with Gasteiger partial charge >= 0.3 is 0 Å². The summed E-state index contributed by atoms with van der Waals surface area (Å²) in [7, 11) is 1.95. The van der Waals surface area contributed by atoms with Gasteiger partial charge in [0.1, 0.15) is 0 Å². The van der Waals surface area contributed by atoms with E-state index in [-0.39, 0.29) is 5.92 Å². The van der Waals surface area contributed by atoms with Crippen molar-refractivity contribution in [3.05, 3.63) is 30.3 Å². The molecular formula is C13H19NO. The zero-order chi connectivity index (χ0) is 11.3. The van der Waals surface area contributed by atoms with Crippen LogP contribution in [0.5, 0.6) is 0 Å². The molecule has 0 amide bonds. The Morgan fingerprint density at radius 2 is 1.93 bits per heavy atom. The van der Waals surface area contributed by atoms with Gasteiger partial charge in [0.25, 0.3) is 0 Å². The fourth-order valence-corrected chi connectivity index (χ4v) is 1.39. The van der Waals surface area contributed by atoms with Gasteiger partial charge in [-0.3, -0.25) is 4.79 Å². The summed E-state index contributed by atoms with van der Waals surface area (Å²) in [4.78, 5) is 13.7. The van der Waals surface area contributed by atoms with Gasteiger partial charge in [-0.05, 0) is 18.6 Å². The molecule has 0 fully saturated rings. The Morgan fingerprint density at radius 3 is 2.47 bits per heavy atom. The number of carbonyl (C=O) groups excluding carboxylic acids is 1. The minimum absolute atomic E-state index is 0.163. The number of ketones is 1. The molecule has 82 valence electrons. The summed E-state index contributed by atoms with van der Waals surface area (Å²) in [6.45, 7) is 4.53. The van der Waals surface area contributed by atoms with E-state index in [0.29, 0.717) is 12.3 Å². The van der Waals surface area contributed by atoms with E-state index >= 15 is 0 Å². The second-order valence-electron chi connectivity index (χ2n) is 3.97. The highest BCUT2D eigenvalue weighted by atomic mass is 16.1. The second-order valence-corrected chi connectivity index (χ2v) is 3.97. The maximum atomic E-state index is 11.7. The number of hydrogen-bond donors (Lipinski definition) is 0. The van der Waals surface area contributed by atoms with Crippen LogP contribution < -0.4 is 4.90 Å². The minimum Gasteiger partial charge on any atom is -0.367 e. The Balaban J connectivity index is 2.56. The third-order valence-electron chi connectivity index (χ3n) is 2.75. The fraction of sp³-hybridized carbons (Fsp3) is 0.462. The number of anilines is 1. The number of benzene rings is 1. The van der Waals surface area contributed by atoms with Gasteiger partial charge in [-0.1, -0.05) is 32.0 Å². The van der Waals surface area contributed by atoms with Crippen molar-refractivity contribution in [2.45, 2.75) is 20.3 Å². The van der Waals surface area contributed by atoms with E-state index in [4.69, 9.17) is 0 Å². The summed E-state index contributed by atoms with van der Waals surface area (Å²) in [6, 6.07) is 9.99. The molecule has 2 nitrogen and oxygen atoms in total. The molecule has 0 bridgehead atoms. The molecule has 1 atom stereocenters. The van der Waals surface area contributed by atoms with Crippen molar-refractivity contribution in [1.82, 2.24) is 0 Å². The molecule has 0 N–H and O–H groups in total. The smallest absolute Gasteiger partial charge is 0.154 e. The maximum Gasteiger partial charge on any atom is 0.154 e. The molecule has 0 aliphatic heterocycles. The van der Waals surface area contributed by atoms with Gasteiger partial charge in [0.2, 0.25) is 0 Å². The van der Waals surface area contributed by atoms with Crippen LogP contribution in [0.4, 0.5) is 5.69 Å². The second kappa shape index (κ2) is 5.54. The van der Waals surface area contributed by atoms with Crippen LogP contribution in [0.1, 0.15) is 20.3 Å². The standard InChI is InChI=1S/C13H19NO/c1-4-11(2)13(15)10-14(3)12-8-6-5-7-9-12/h5-9,11H,4,10H2,1-3H3/t11-/m0/s1. The zero-order valence-electron chi connectivity index (χ0n) is 9.73. The molecule has 0 aliphatic rings. The third kappa shape index (κ3) is 3.39. The van der Waals surface area contributed by atoms with E-state index in [1.54, 1.807) is 0 Å². The lowest BCUT2D eigenvalue weighted by Crippen LogP contribution is -2.28.